The molecule has 0 bridgehead atoms. The van der Waals surface area contributed by atoms with Gasteiger partial charge in [0.1, 0.15) is 51.9 Å². The van der Waals surface area contributed by atoms with Crippen molar-refractivity contribution in [3.05, 3.63) is 48.6 Å². The van der Waals surface area contributed by atoms with Gasteiger partial charge in [0, 0.05) is 40.6 Å². The second-order valence-corrected chi connectivity index (χ2v) is 22.4. The SMILES string of the molecule is C=CCCCC.CCCC/C=C/C[C@H]1O[C@]1(C)[C@H]1[C@H](OC)C(=O)CC[C@]12CO2.CCCC/C=C/C[C@H]1O[C@]1(C)[C@H]1[C@H](OC)C(=O)CC[C@]12CO2.CO[C@@H]1C(=O)CC[C@]2(CO2)[C@H]1[C@@]1(C)O[C@@H]1CC=C(C)C. The van der Waals surface area contributed by atoms with Crippen molar-refractivity contribution in [1.29, 1.82) is 0 Å². The van der Waals surface area contributed by atoms with Gasteiger partial charge in [0.2, 0.25) is 0 Å². The number of epoxide rings is 6. The average molecular weight is 981 g/mol. The molecule has 0 amide bonds. The molecule has 0 aromatic heterocycles. The molecule has 9 fully saturated rings. The first-order valence-corrected chi connectivity index (χ1v) is 27.1. The Morgan fingerprint density at radius 2 is 0.857 bits per heavy atom. The largest absolute Gasteiger partial charge is 0.373 e. The minimum absolute atomic E-state index is 0.0248. The third-order valence-electron chi connectivity index (χ3n) is 17.0. The number of hydrogen-bond acceptors (Lipinski definition) is 12. The van der Waals surface area contributed by atoms with Crippen molar-refractivity contribution in [2.45, 2.75) is 241 Å². The Morgan fingerprint density at radius 1 is 0.543 bits per heavy atom. The normalized spacial score (nSPS) is 41.6. The van der Waals surface area contributed by atoms with Gasteiger partial charge in [-0.15, -0.1) is 6.58 Å². The molecule has 12 nitrogen and oxygen atoms in total. The van der Waals surface area contributed by atoms with Gasteiger partial charge in [-0.3, -0.25) is 14.4 Å². The third-order valence-corrected chi connectivity index (χ3v) is 17.0. The molecule has 9 rings (SSSR count). The van der Waals surface area contributed by atoms with Crippen LogP contribution in [0.2, 0.25) is 0 Å². The fourth-order valence-electron chi connectivity index (χ4n) is 12.3. The second-order valence-electron chi connectivity index (χ2n) is 22.4. The van der Waals surface area contributed by atoms with E-state index in [1.165, 1.54) is 50.5 Å². The first-order chi connectivity index (χ1) is 33.5. The quantitative estimate of drug-likeness (QED) is 0.0611. The van der Waals surface area contributed by atoms with E-state index in [0.29, 0.717) is 19.3 Å². The summed E-state index contributed by atoms with van der Waals surface area (Å²) < 4.78 is 51.9. The van der Waals surface area contributed by atoms with Crippen LogP contribution >= 0.6 is 0 Å². The zero-order chi connectivity index (χ0) is 51.0. The van der Waals surface area contributed by atoms with Crippen LogP contribution in [0, 0.1) is 17.8 Å². The van der Waals surface area contributed by atoms with Gasteiger partial charge in [-0.1, -0.05) is 101 Å². The molecule has 6 heterocycles. The molecule has 0 aromatic carbocycles. The lowest BCUT2D eigenvalue weighted by Gasteiger charge is -2.37. The lowest BCUT2D eigenvalue weighted by molar-refractivity contribution is -0.142. The number of rotatable bonds is 21. The number of ketones is 3. The van der Waals surface area contributed by atoms with Crippen LogP contribution in [0.3, 0.4) is 0 Å². The Labute approximate surface area is 421 Å². The molecule has 15 atom stereocenters. The van der Waals surface area contributed by atoms with Crippen LogP contribution < -0.4 is 0 Å². The van der Waals surface area contributed by atoms with Gasteiger partial charge in [0.15, 0.2) is 17.3 Å². The molecule has 0 N–H and O–H groups in total. The van der Waals surface area contributed by atoms with Crippen molar-refractivity contribution in [3.63, 3.8) is 0 Å². The van der Waals surface area contributed by atoms with E-state index in [9.17, 15) is 14.4 Å². The van der Waals surface area contributed by atoms with E-state index in [4.69, 9.17) is 42.6 Å². The van der Waals surface area contributed by atoms with E-state index in [1.54, 1.807) is 21.3 Å². The Morgan fingerprint density at radius 3 is 1.11 bits per heavy atom. The minimum Gasteiger partial charge on any atom is -0.373 e. The Balaban J connectivity index is 0.000000163. The van der Waals surface area contributed by atoms with Crippen LogP contribution in [0.25, 0.3) is 0 Å². The summed E-state index contributed by atoms with van der Waals surface area (Å²) in [6.45, 7) is 22.9. The highest BCUT2D eigenvalue weighted by molar-refractivity contribution is 5.86. The number of hydrogen-bond donors (Lipinski definition) is 0. The maximum atomic E-state index is 12.2. The van der Waals surface area contributed by atoms with Crippen molar-refractivity contribution in [1.82, 2.24) is 0 Å². The first-order valence-electron chi connectivity index (χ1n) is 27.1. The number of carbonyl (C=O) groups excluding carboxylic acids is 3. The number of unbranched alkanes of at least 4 members (excludes halogenated alkanes) is 6. The predicted octanol–water partition coefficient (Wildman–Crippen LogP) is 10.7. The zero-order valence-electron chi connectivity index (χ0n) is 45.1. The maximum Gasteiger partial charge on any atom is 0.162 e. The summed E-state index contributed by atoms with van der Waals surface area (Å²) in [6.07, 6.45) is 30.3. The van der Waals surface area contributed by atoms with Crippen LogP contribution in [0.4, 0.5) is 0 Å². The van der Waals surface area contributed by atoms with Crippen LogP contribution in [-0.4, -0.2) is 129 Å². The van der Waals surface area contributed by atoms with E-state index in [1.807, 2.05) is 6.08 Å². The molecule has 9 aliphatic rings. The predicted molar refractivity (Wildman–Crippen MR) is 272 cm³/mol. The van der Waals surface area contributed by atoms with Gasteiger partial charge in [0.05, 0.1) is 55.9 Å². The molecule has 0 radical (unpaired) electrons. The molecule has 0 unspecified atom stereocenters. The summed E-state index contributed by atoms with van der Waals surface area (Å²) in [4.78, 5) is 36.6. The van der Waals surface area contributed by atoms with Gasteiger partial charge in [-0.25, -0.2) is 0 Å². The molecule has 3 aliphatic carbocycles. The molecule has 6 aliphatic heterocycles. The van der Waals surface area contributed by atoms with E-state index < -0.39 is 0 Å². The molecule has 3 saturated carbocycles. The van der Waals surface area contributed by atoms with Crippen LogP contribution in [0.15, 0.2) is 48.6 Å². The zero-order valence-corrected chi connectivity index (χ0v) is 45.1. The first kappa shape index (κ1) is 56.9. The molecule has 70 heavy (non-hydrogen) atoms. The van der Waals surface area contributed by atoms with Crippen molar-refractivity contribution >= 4 is 17.3 Å². The van der Waals surface area contributed by atoms with E-state index in [2.05, 4.69) is 92.3 Å². The molecular formula is C58H92O12. The standard InChI is InChI=1S/2C18H28O4.C16H24O4.C6H12/c2*1-4-5-6-7-8-9-14-17(2,22-14)16-15(20-3)13(19)10-11-18(16)12-21-18;1-10(2)5-6-12-15(3,20-12)14-13(18-4)11(17)7-8-16(14)9-19-16;1-3-5-6-4-2/h2*7-8,14-16H,4-6,9-12H2,1-3H3;5,12-14H,6-9H2,1-4H3;3H,1,4-6H2,2H3/b2*8-7+;;/t2*14-,15-,16-,17+,18+;12-,13-,14-,15+,16+;/m111./s1. The maximum absolute atomic E-state index is 12.2. The number of ether oxygens (including phenoxy) is 9. The van der Waals surface area contributed by atoms with Crippen molar-refractivity contribution in [2.24, 2.45) is 17.8 Å². The topological polar surface area (TPSA) is 154 Å². The lowest BCUT2D eigenvalue weighted by Crippen LogP contribution is -2.52. The van der Waals surface area contributed by atoms with Gasteiger partial charge in [-0.2, -0.15) is 0 Å². The monoisotopic (exact) mass is 981 g/mol. The number of methoxy groups -OCH3 is 3. The van der Waals surface area contributed by atoms with Gasteiger partial charge >= 0.3 is 0 Å². The van der Waals surface area contributed by atoms with Crippen molar-refractivity contribution < 1.29 is 57.0 Å². The smallest absolute Gasteiger partial charge is 0.162 e. The molecule has 396 valence electrons. The van der Waals surface area contributed by atoms with Crippen LogP contribution in [-0.2, 0) is 57.0 Å². The van der Waals surface area contributed by atoms with Crippen LogP contribution in [0.1, 0.15) is 171 Å². The summed E-state index contributed by atoms with van der Waals surface area (Å²) >= 11 is 0. The molecule has 6 saturated heterocycles. The fourth-order valence-corrected chi connectivity index (χ4v) is 12.3. The van der Waals surface area contributed by atoms with Crippen molar-refractivity contribution in [3.8, 4) is 0 Å². The Hall–Kier alpha value is -2.39. The van der Waals surface area contributed by atoms with E-state index in [-0.39, 0.29) is 105 Å². The number of carbonyl (C=O) groups is 3. The lowest BCUT2D eigenvalue weighted by atomic mass is 9.69. The van der Waals surface area contributed by atoms with Gasteiger partial charge in [0.25, 0.3) is 0 Å². The average Bonchev–Trinajstić information content (AvgIpc) is 4.04. The molecule has 0 aromatic rings. The second kappa shape index (κ2) is 24.3. The summed E-state index contributed by atoms with van der Waals surface area (Å²) in [6, 6.07) is 0. The number of allylic oxidation sites excluding steroid dienone is 4. The Kier molecular flexibility index (Phi) is 19.8. The van der Waals surface area contributed by atoms with E-state index >= 15 is 0 Å². The third kappa shape index (κ3) is 12.9. The van der Waals surface area contributed by atoms with E-state index in [0.717, 1.165) is 71.2 Å². The van der Waals surface area contributed by atoms with Crippen LogP contribution in [0.5, 0.6) is 0 Å². The summed E-state index contributed by atoms with van der Waals surface area (Å²) in [7, 11) is 4.87. The van der Waals surface area contributed by atoms with Crippen molar-refractivity contribution in [2.75, 3.05) is 41.2 Å². The number of Topliss-reactive ketones (excluding diaryl/α,β-unsaturated/α-hetero) is 3. The highest BCUT2D eigenvalue weighted by atomic mass is 16.6. The molecular weight excluding hydrogens is 889 g/mol. The molecule has 12 heteroatoms. The summed E-state index contributed by atoms with van der Waals surface area (Å²) in [5.74, 6) is 0.666. The summed E-state index contributed by atoms with van der Waals surface area (Å²) in [5.41, 5.74) is -0.107. The Bertz CT molecular complexity index is 1770. The minimum atomic E-state index is -0.382. The molecule has 3 spiro atoms. The highest BCUT2D eigenvalue weighted by Crippen LogP contribution is 2.61. The van der Waals surface area contributed by atoms with Gasteiger partial charge in [-0.05, 0) is 92.4 Å². The highest BCUT2D eigenvalue weighted by Gasteiger charge is 2.74. The van der Waals surface area contributed by atoms with Gasteiger partial charge < -0.3 is 42.6 Å². The summed E-state index contributed by atoms with van der Waals surface area (Å²) in [5, 5.41) is 0. The fraction of sp³-hybridized carbons (Fsp3) is 0.810.